The smallest absolute Gasteiger partial charge is 0.309 e. The van der Waals surface area contributed by atoms with Crippen LogP contribution in [-0.2, 0) is 35.1 Å². The van der Waals surface area contributed by atoms with Crippen molar-refractivity contribution in [1.29, 1.82) is 0 Å². The zero-order valence-electron chi connectivity index (χ0n) is 18.8. The molecule has 0 aliphatic carbocycles. The number of hydrogen-bond acceptors (Lipinski definition) is 7. The number of esters is 2. The zero-order chi connectivity index (χ0) is 22.2. The number of nitrogens with zero attached hydrogens (tertiary/aromatic N) is 1. The number of hydrogen-bond donors (Lipinski definition) is 0. The van der Waals surface area contributed by atoms with Gasteiger partial charge in [-0.15, -0.1) is 0 Å². The number of benzene rings is 1. The molecule has 0 aromatic heterocycles. The van der Waals surface area contributed by atoms with E-state index >= 15 is 0 Å². The lowest BCUT2D eigenvalue weighted by atomic mass is 9.97. The van der Waals surface area contributed by atoms with E-state index in [1.54, 1.807) is 0 Å². The molecule has 4 rings (SSSR count). The van der Waals surface area contributed by atoms with E-state index in [-0.39, 0.29) is 35.6 Å². The van der Waals surface area contributed by atoms with Gasteiger partial charge < -0.3 is 18.9 Å². The van der Waals surface area contributed by atoms with Gasteiger partial charge in [0.1, 0.15) is 0 Å². The summed E-state index contributed by atoms with van der Waals surface area (Å²) in [7, 11) is 0. The molecule has 2 atom stereocenters. The van der Waals surface area contributed by atoms with Crippen molar-refractivity contribution < 1.29 is 28.5 Å². The molecule has 176 valence electrons. The lowest BCUT2D eigenvalue weighted by Gasteiger charge is -2.24. The highest BCUT2D eigenvalue weighted by molar-refractivity contribution is 5.73. The average Bonchev–Trinajstić information content (AvgIpc) is 3.24. The van der Waals surface area contributed by atoms with Crippen LogP contribution in [-0.4, -0.2) is 69.6 Å². The fourth-order valence-electron chi connectivity index (χ4n) is 4.86. The molecule has 1 aromatic rings. The maximum absolute atomic E-state index is 12.5. The van der Waals surface area contributed by atoms with Crippen LogP contribution in [0.4, 0.5) is 0 Å². The number of rotatable bonds is 8. The molecule has 3 aliphatic rings. The third-order valence-electron chi connectivity index (χ3n) is 6.89. The van der Waals surface area contributed by atoms with Crippen molar-refractivity contribution >= 4 is 11.9 Å². The summed E-state index contributed by atoms with van der Waals surface area (Å²) in [6, 6.07) is 10.4. The fourth-order valence-corrected chi connectivity index (χ4v) is 4.86. The third kappa shape index (κ3) is 6.53. The molecular weight excluding hydrogens is 410 g/mol. The first kappa shape index (κ1) is 23.2. The molecule has 0 amide bonds. The summed E-state index contributed by atoms with van der Waals surface area (Å²) in [6.45, 7) is 5.75. The largest absolute Gasteiger partial charge is 0.465 e. The van der Waals surface area contributed by atoms with E-state index in [0.29, 0.717) is 39.6 Å². The van der Waals surface area contributed by atoms with Crippen LogP contribution < -0.4 is 0 Å². The molecule has 0 spiro atoms. The molecule has 3 aliphatic heterocycles. The van der Waals surface area contributed by atoms with Gasteiger partial charge in [-0.1, -0.05) is 30.3 Å². The van der Waals surface area contributed by atoms with Gasteiger partial charge in [0, 0.05) is 57.9 Å². The van der Waals surface area contributed by atoms with Crippen molar-refractivity contribution in [2.45, 2.75) is 32.2 Å². The number of carbonyl (C=O) groups is 2. The summed E-state index contributed by atoms with van der Waals surface area (Å²) >= 11 is 0. The van der Waals surface area contributed by atoms with Gasteiger partial charge in [0.05, 0.1) is 25.0 Å². The molecule has 0 N–H and O–H groups in total. The highest BCUT2D eigenvalue weighted by Gasteiger charge is 2.36. The van der Waals surface area contributed by atoms with E-state index in [9.17, 15) is 9.59 Å². The fraction of sp³-hybridized carbons (Fsp3) is 0.680. The number of likely N-dealkylation sites (tertiary alicyclic amines) is 1. The summed E-state index contributed by atoms with van der Waals surface area (Å²) in [5.41, 5.74) is 1.25. The van der Waals surface area contributed by atoms with Gasteiger partial charge >= 0.3 is 11.9 Å². The Balaban J connectivity index is 1.31. The van der Waals surface area contributed by atoms with E-state index < -0.39 is 0 Å². The summed E-state index contributed by atoms with van der Waals surface area (Å²) in [5.74, 6) is -0.0405. The quantitative estimate of drug-likeness (QED) is 0.570. The molecule has 7 heteroatoms. The van der Waals surface area contributed by atoms with Gasteiger partial charge in [-0.25, -0.2) is 0 Å². The van der Waals surface area contributed by atoms with Crippen molar-refractivity contribution in [2.75, 3.05) is 52.7 Å². The molecule has 0 unspecified atom stereocenters. The average molecular weight is 446 g/mol. The van der Waals surface area contributed by atoms with Crippen LogP contribution in [0, 0.1) is 23.7 Å². The molecule has 0 saturated carbocycles. The lowest BCUT2D eigenvalue weighted by molar-refractivity contribution is -0.156. The predicted octanol–water partition coefficient (Wildman–Crippen LogP) is 2.67. The summed E-state index contributed by atoms with van der Waals surface area (Å²) in [6.07, 6.45) is 2.93. The van der Waals surface area contributed by atoms with Crippen LogP contribution in [0.2, 0.25) is 0 Å². The Kier molecular flexibility index (Phi) is 8.54. The van der Waals surface area contributed by atoms with Gasteiger partial charge in [-0.05, 0) is 31.2 Å². The van der Waals surface area contributed by atoms with Crippen molar-refractivity contribution in [3.63, 3.8) is 0 Å². The van der Waals surface area contributed by atoms with Crippen LogP contribution in [0.5, 0.6) is 0 Å². The lowest BCUT2D eigenvalue weighted by Crippen LogP contribution is -2.31. The molecule has 1 aromatic carbocycles. The van der Waals surface area contributed by atoms with Crippen molar-refractivity contribution in [1.82, 2.24) is 4.90 Å². The van der Waals surface area contributed by atoms with Gasteiger partial charge in [0.15, 0.2) is 0 Å². The van der Waals surface area contributed by atoms with Crippen molar-refractivity contribution in [3.8, 4) is 0 Å². The van der Waals surface area contributed by atoms with Crippen LogP contribution >= 0.6 is 0 Å². The van der Waals surface area contributed by atoms with Crippen LogP contribution in [0.3, 0.4) is 0 Å². The second-order valence-corrected chi connectivity index (χ2v) is 9.23. The van der Waals surface area contributed by atoms with Gasteiger partial charge in [0.2, 0.25) is 0 Å². The minimum atomic E-state index is -0.118. The van der Waals surface area contributed by atoms with Crippen molar-refractivity contribution in [3.05, 3.63) is 35.9 Å². The topological polar surface area (TPSA) is 74.3 Å². The molecule has 3 fully saturated rings. The van der Waals surface area contributed by atoms with Gasteiger partial charge in [-0.2, -0.15) is 0 Å². The van der Waals surface area contributed by atoms with E-state index in [1.807, 2.05) is 18.2 Å². The summed E-state index contributed by atoms with van der Waals surface area (Å²) in [5, 5.41) is 0. The Morgan fingerprint density at radius 3 is 1.72 bits per heavy atom. The maximum Gasteiger partial charge on any atom is 0.309 e. The maximum atomic E-state index is 12.5. The Bertz CT molecular complexity index is 687. The minimum Gasteiger partial charge on any atom is -0.465 e. The first-order valence-electron chi connectivity index (χ1n) is 11.9. The molecule has 3 heterocycles. The SMILES string of the molecule is O=C(OC[C@H]1CN(Cc2ccccc2)C[C@@H]1COC(=O)C1CCOCC1)C1CCOCC1. The van der Waals surface area contributed by atoms with E-state index in [1.165, 1.54) is 5.56 Å². The molecule has 0 bridgehead atoms. The standard InChI is InChI=1S/C25H35NO6/c27-24(20-6-10-29-11-7-20)31-17-22-15-26(14-19-4-2-1-3-5-19)16-23(22)18-32-25(28)21-8-12-30-13-9-21/h1-5,20-23H,6-18H2/t22-,23-/m1/s1. The van der Waals surface area contributed by atoms with E-state index in [4.69, 9.17) is 18.9 Å². The first-order chi connectivity index (χ1) is 15.7. The van der Waals surface area contributed by atoms with Crippen molar-refractivity contribution in [2.24, 2.45) is 23.7 Å². The van der Waals surface area contributed by atoms with Gasteiger partial charge in [-0.3, -0.25) is 14.5 Å². The molecule has 0 radical (unpaired) electrons. The second-order valence-electron chi connectivity index (χ2n) is 9.23. The Hall–Kier alpha value is -1.96. The van der Waals surface area contributed by atoms with E-state index in [0.717, 1.165) is 45.3 Å². The summed E-state index contributed by atoms with van der Waals surface area (Å²) < 4.78 is 22.2. The molecule has 3 saturated heterocycles. The Morgan fingerprint density at radius 1 is 0.781 bits per heavy atom. The normalized spacial score (nSPS) is 25.5. The van der Waals surface area contributed by atoms with Crippen LogP contribution in [0.1, 0.15) is 31.2 Å². The molecular formula is C25H35NO6. The van der Waals surface area contributed by atoms with Gasteiger partial charge in [0.25, 0.3) is 0 Å². The monoisotopic (exact) mass is 445 g/mol. The zero-order valence-corrected chi connectivity index (χ0v) is 18.8. The Labute approximate surface area is 190 Å². The second kappa shape index (κ2) is 11.8. The molecule has 7 nitrogen and oxygen atoms in total. The third-order valence-corrected chi connectivity index (χ3v) is 6.89. The predicted molar refractivity (Wildman–Crippen MR) is 118 cm³/mol. The summed E-state index contributed by atoms with van der Waals surface area (Å²) in [4.78, 5) is 27.4. The molecule has 32 heavy (non-hydrogen) atoms. The Morgan fingerprint density at radius 2 is 1.25 bits per heavy atom. The number of ether oxygens (including phenoxy) is 4. The van der Waals surface area contributed by atoms with E-state index in [2.05, 4.69) is 17.0 Å². The number of carbonyl (C=O) groups excluding carboxylic acids is 2. The van der Waals surface area contributed by atoms with Crippen LogP contribution in [0.25, 0.3) is 0 Å². The van der Waals surface area contributed by atoms with Crippen LogP contribution in [0.15, 0.2) is 30.3 Å². The highest BCUT2D eigenvalue weighted by Crippen LogP contribution is 2.27. The minimum absolute atomic E-state index is 0.0598. The first-order valence-corrected chi connectivity index (χ1v) is 11.9. The highest BCUT2D eigenvalue weighted by atomic mass is 16.5.